The van der Waals surface area contributed by atoms with E-state index in [1.165, 1.54) is 27.6 Å². The normalized spacial score (nSPS) is 12.2. The lowest BCUT2D eigenvalue weighted by Gasteiger charge is -2.16. The topological polar surface area (TPSA) is 246 Å². The van der Waals surface area contributed by atoms with Crippen molar-refractivity contribution in [2.45, 2.75) is 33.0 Å². The lowest BCUT2D eigenvalue weighted by atomic mass is 10.1. The van der Waals surface area contributed by atoms with Crippen LogP contribution in [0.3, 0.4) is 0 Å². The lowest BCUT2D eigenvalue weighted by molar-refractivity contribution is 0.0536. The fourth-order valence-electron chi connectivity index (χ4n) is 6.60. The molecule has 0 bridgehead atoms. The number of aromatic nitrogens is 9. The molecule has 19 heteroatoms. The van der Waals surface area contributed by atoms with Gasteiger partial charge in [0.15, 0.2) is 34.2 Å². The van der Waals surface area contributed by atoms with Crippen LogP contribution in [0.1, 0.15) is 38.1 Å². The number of para-hydroxylation sites is 1. The average molecular weight is 852 g/mol. The number of hydrogen-bond acceptors (Lipinski definition) is 15. The zero-order valence-electron chi connectivity index (χ0n) is 34.2. The van der Waals surface area contributed by atoms with Gasteiger partial charge in [0.25, 0.3) is 11.8 Å². The number of aliphatic hydroxyl groups excluding tert-OH is 3. The van der Waals surface area contributed by atoms with Crippen molar-refractivity contribution >= 4 is 34.7 Å². The number of rotatable bonds is 16. The summed E-state index contributed by atoms with van der Waals surface area (Å²) in [6.45, 7) is 4.18. The molecule has 63 heavy (non-hydrogen) atoms. The standard InChI is InChI=1S/C44H41N11O8/c1-25-8-6-13-37(47-25)50-44(60)41-27(3)49-42-36(19-34(53-55(41)42)28-9-7-10-31(18-28)61-22-29(57)21-56)63-24-30(58)23-62-35-12-5-4-11-32(35)33-14-15-39-48-26(2)40(54(39)52-33)43(59)51-38-20-45-16-17-46-38/h4-20,29-30,56-58H,21-24H2,1-3H3,(H,46,51,59)(H,47,50,60)/t29-,30+/m1/s1. The number of nitrogens with one attached hydrogen (secondary N) is 2. The maximum Gasteiger partial charge on any atom is 0.277 e. The summed E-state index contributed by atoms with van der Waals surface area (Å²) in [5.41, 5.74) is 4.61. The van der Waals surface area contributed by atoms with Crippen LogP contribution in [0.15, 0.2) is 104 Å². The van der Waals surface area contributed by atoms with Crippen molar-refractivity contribution in [3.63, 3.8) is 0 Å². The number of benzene rings is 2. The Morgan fingerprint density at radius 2 is 1.40 bits per heavy atom. The summed E-state index contributed by atoms with van der Waals surface area (Å²) in [5.74, 6) is 0.691. The Hall–Kier alpha value is -7.87. The number of anilines is 2. The van der Waals surface area contributed by atoms with Gasteiger partial charge < -0.3 is 40.2 Å². The number of carbonyl (C=O) groups is 2. The van der Waals surface area contributed by atoms with Crippen molar-refractivity contribution in [2.75, 3.05) is 37.1 Å². The molecule has 320 valence electrons. The molecule has 2 atom stereocenters. The minimum atomic E-state index is -1.15. The first-order valence-corrected chi connectivity index (χ1v) is 19.7. The van der Waals surface area contributed by atoms with Crippen LogP contribution >= 0.6 is 0 Å². The summed E-state index contributed by atoms with van der Waals surface area (Å²) < 4.78 is 20.9. The van der Waals surface area contributed by atoms with Crippen LogP contribution in [0.2, 0.25) is 0 Å². The highest BCUT2D eigenvalue weighted by Gasteiger charge is 2.24. The van der Waals surface area contributed by atoms with Crippen LogP contribution in [0.5, 0.6) is 17.2 Å². The summed E-state index contributed by atoms with van der Waals surface area (Å²) in [5, 5.41) is 45.4. The quantitative estimate of drug-likeness (QED) is 0.0911. The Morgan fingerprint density at radius 3 is 2.17 bits per heavy atom. The molecule has 6 aromatic heterocycles. The van der Waals surface area contributed by atoms with Gasteiger partial charge in [-0.1, -0.05) is 30.3 Å². The SMILES string of the molecule is Cc1cccc(NC(=O)c2c(C)nc3c(OC[C@@H](O)COc4ccccc4-c4ccc5nc(C)c(C(=O)Nc6cnccn6)n5n4)cc(-c4cccc(OC[C@H](O)CO)c4)nn23)n1. The molecule has 0 aliphatic rings. The average Bonchev–Trinajstić information content (AvgIpc) is 3.81. The van der Waals surface area contributed by atoms with Gasteiger partial charge in [0, 0.05) is 35.3 Å². The number of carbonyl (C=O) groups excluding carboxylic acids is 2. The highest BCUT2D eigenvalue weighted by molar-refractivity contribution is 6.04. The number of aliphatic hydroxyl groups is 3. The number of fused-ring (bicyclic) bond motifs is 2. The Labute approximate surface area is 359 Å². The highest BCUT2D eigenvalue weighted by Crippen LogP contribution is 2.31. The third kappa shape index (κ3) is 9.39. The number of hydrogen-bond donors (Lipinski definition) is 5. The van der Waals surface area contributed by atoms with Gasteiger partial charge in [0.05, 0.1) is 35.6 Å². The smallest absolute Gasteiger partial charge is 0.277 e. The fraction of sp³-hybridized carbons (Fsp3) is 0.205. The van der Waals surface area contributed by atoms with E-state index < -0.39 is 30.6 Å². The van der Waals surface area contributed by atoms with Crippen molar-refractivity contribution in [2.24, 2.45) is 0 Å². The second-order valence-corrected chi connectivity index (χ2v) is 14.3. The molecule has 0 aliphatic heterocycles. The number of aryl methyl sites for hydroxylation is 3. The van der Waals surface area contributed by atoms with E-state index >= 15 is 0 Å². The molecule has 0 radical (unpaired) electrons. The first kappa shape index (κ1) is 41.8. The third-order valence-corrected chi connectivity index (χ3v) is 9.55. The molecule has 0 fully saturated rings. The van der Waals surface area contributed by atoms with Gasteiger partial charge in [0.1, 0.15) is 49.3 Å². The van der Waals surface area contributed by atoms with E-state index in [-0.39, 0.29) is 48.4 Å². The van der Waals surface area contributed by atoms with E-state index in [0.717, 1.165) is 5.69 Å². The predicted molar refractivity (Wildman–Crippen MR) is 229 cm³/mol. The van der Waals surface area contributed by atoms with E-state index in [1.807, 2.05) is 25.1 Å². The van der Waals surface area contributed by atoms with Crippen LogP contribution in [0.25, 0.3) is 33.8 Å². The largest absolute Gasteiger partial charge is 0.491 e. The Bertz CT molecular complexity index is 2940. The molecule has 6 heterocycles. The first-order valence-electron chi connectivity index (χ1n) is 19.7. The number of nitrogens with zero attached hydrogens (tertiary/aromatic N) is 9. The van der Waals surface area contributed by atoms with Crippen molar-refractivity contribution in [3.8, 4) is 39.8 Å². The van der Waals surface area contributed by atoms with Gasteiger partial charge in [0.2, 0.25) is 0 Å². The molecule has 0 saturated carbocycles. The fourth-order valence-corrected chi connectivity index (χ4v) is 6.60. The zero-order chi connectivity index (χ0) is 44.0. The summed E-state index contributed by atoms with van der Waals surface area (Å²) >= 11 is 0. The van der Waals surface area contributed by atoms with Crippen LogP contribution < -0.4 is 24.8 Å². The Balaban J connectivity index is 1.04. The molecule has 0 saturated heterocycles. The molecule has 2 aromatic carbocycles. The summed E-state index contributed by atoms with van der Waals surface area (Å²) in [6, 6.07) is 24.5. The predicted octanol–water partition coefficient (Wildman–Crippen LogP) is 4.27. The number of imidazole rings is 2. The molecule has 19 nitrogen and oxygen atoms in total. The monoisotopic (exact) mass is 851 g/mol. The number of pyridine rings is 1. The Morgan fingerprint density at radius 1 is 0.683 bits per heavy atom. The Kier molecular flexibility index (Phi) is 12.2. The zero-order valence-corrected chi connectivity index (χ0v) is 34.2. The third-order valence-electron chi connectivity index (χ3n) is 9.55. The van der Waals surface area contributed by atoms with Gasteiger partial charge in [-0.3, -0.25) is 14.6 Å². The molecule has 2 amide bonds. The summed E-state index contributed by atoms with van der Waals surface area (Å²) in [6.07, 6.45) is 2.19. The molecule has 8 aromatic rings. The van der Waals surface area contributed by atoms with E-state index in [0.29, 0.717) is 56.9 Å². The highest BCUT2D eigenvalue weighted by atomic mass is 16.5. The second-order valence-electron chi connectivity index (χ2n) is 14.3. The van der Waals surface area contributed by atoms with Gasteiger partial charge in [-0.15, -0.1) is 0 Å². The van der Waals surface area contributed by atoms with Crippen LogP contribution in [-0.4, -0.2) is 110 Å². The first-order chi connectivity index (χ1) is 30.5. The molecule has 0 unspecified atom stereocenters. The summed E-state index contributed by atoms with van der Waals surface area (Å²) in [7, 11) is 0. The maximum absolute atomic E-state index is 13.8. The van der Waals surface area contributed by atoms with E-state index in [4.69, 9.17) is 24.4 Å². The van der Waals surface area contributed by atoms with Crippen LogP contribution in [0, 0.1) is 20.8 Å². The van der Waals surface area contributed by atoms with Crippen molar-refractivity contribution < 1.29 is 39.1 Å². The molecule has 8 rings (SSSR count). The molecular weight excluding hydrogens is 811 g/mol. The van der Waals surface area contributed by atoms with Gasteiger partial charge in [-0.25, -0.2) is 29.0 Å². The van der Waals surface area contributed by atoms with Crippen LogP contribution in [0.4, 0.5) is 11.6 Å². The second kappa shape index (κ2) is 18.4. The molecule has 5 N–H and O–H groups in total. The van der Waals surface area contributed by atoms with Gasteiger partial charge in [-0.05, 0) is 69.3 Å². The van der Waals surface area contributed by atoms with Crippen molar-refractivity contribution in [1.82, 2.24) is 44.1 Å². The maximum atomic E-state index is 13.8. The minimum absolute atomic E-state index is 0.134. The van der Waals surface area contributed by atoms with E-state index in [1.54, 1.807) is 80.6 Å². The molecular formula is C44H41N11O8. The van der Waals surface area contributed by atoms with Crippen molar-refractivity contribution in [3.05, 3.63) is 132 Å². The van der Waals surface area contributed by atoms with E-state index in [2.05, 4.69) is 35.6 Å². The lowest BCUT2D eigenvalue weighted by Crippen LogP contribution is -2.25. The van der Waals surface area contributed by atoms with E-state index in [9.17, 15) is 24.9 Å². The van der Waals surface area contributed by atoms with Crippen molar-refractivity contribution in [1.29, 1.82) is 0 Å². The minimum Gasteiger partial charge on any atom is -0.491 e. The van der Waals surface area contributed by atoms with Gasteiger partial charge >= 0.3 is 0 Å². The molecule has 0 aliphatic carbocycles. The summed E-state index contributed by atoms with van der Waals surface area (Å²) in [4.78, 5) is 48.7. The number of ether oxygens (including phenoxy) is 3. The van der Waals surface area contributed by atoms with Crippen LogP contribution in [-0.2, 0) is 0 Å². The number of amides is 2. The molecule has 0 spiro atoms. The van der Waals surface area contributed by atoms with Gasteiger partial charge in [-0.2, -0.15) is 10.2 Å².